The maximum atomic E-state index is 13.6. The van der Waals surface area contributed by atoms with Gasteiger partial charge in [0.05, 0.1) is 38.6 Å². The summed E-state index contributed by atoms with van der Waals surface area (Å²) in [6, 6.07) is -0.886. The second-order valence-corrected chi connectivity index (χ2v) is 33.5. The van der Waals surface area contributed by atoms with Gasteiger partial charge in [-0.1, -0.05) is 392 Å². The molecule has 0 saturated carbocycles. The van der Waals surface area contributed by atoms with E-state index in [1.54, 1.807) is 0 Å². The molecule has 646 valence electrons. The van der Waals surface area contributed by atoms with Crippen molar-refractivity contribution in [1.29, 1.82) is 0 Å². The highest BCUT2D eigenvalue weighted by molar-refractivity contribution is 5.76. The minimum absolute atomic E-state index is 0.232. The molecule has 17 unspecified atom stereocenters. The number of carbonyl (C=O) groups is 1. The lowest BCUT2D eigenvalue weighted by molar-refractivity contribution is -0.379. The van der Waals surface area contributed by atoms with Crippen LogP contribution in [-0.4, -0.2) is 193 Å². The standard InChI is InChI=1S/C90H173NO18/c1-3-5-7-9-11-13-15-17-19-21-23-25-27-29-31-33-35-36-38-39-41-43-45-47-49-51-53-55-57-59-61-63-65-67-74(95)73(91-78(96)68-66-64-62-60-58-56-54-52-50-48-46-44-42-40-37-34-32-30-28-26-24-22-20-18-16-14-12-10-8-6-4-2)72-104-88-84(102)81(99)86(76(70-93)106-88)109-90-85(103)82(100)87(77(71-94)107-90)108-89-83(101)80(98)79(97)75(69-92)105-89/h22,24,73-77,79-90,92-95,97-103H,3-21,23,25-72H2,1-2H3,(H,91,96)/b24-22-. The highest BCUT2D eigenvalue weighted by Gasteiger charge is 2.54. The molecule has 19 heteroatoms. The Morgan fingerprint density at radius 3 is 0.890 bits per heavy atom. The first-order chi connectivity index (χ1) is 53.3. The quantitative estimate of drug-likeness (QED) is 0.0199. The molecular weight excluding hydrogens is 1380 g/mol. The Morgan fingerprint density at radius 2 is 0.578 bits per heavy atom. The van der Waals surface area contributed by atoms with E-state index in [0.717, 1.165) is 44.9 Å². The van der Waals surface area contributed by atoms with E-state index in [0.29, 0.717) is 12.8 Å². The van der Waals surface area contributed by atoms with E-state index in [-0.39, 0.29) is 18.9 Å². The van der Waals surface area contributed by atoms with Gasteiger partial charge in [-0.2, -0.15) is 0 Å². The van der Waals surface area contributed by atoms with Crippen LogP contribution in [0.3, 0.4) is 0 Å². The van der Waals surface area contributed by atoms with E-state index < -0.39 is 124 Å². The van der Waals surface area contributed by atoms with Crippen molar-refractivity contribution in [1.82, 2.24) is 5.32 Å². The summed E-state index contributed by atoms with van der Waals surface area (Å²) in [4.78, 5) is 13.6. The third-order valence-electron chi connectivity index (χ3n) is 23.6. The van der Waals surface area contributed by atoms with Gasteiger partial charge in [0.25, 0.3) is 0 Å². The smallest absolute Gasteiger partial charge is 0.220 e. The molecule has 3 rings (SSSR count). The number of nitrogens with one attached hydrogen (secondary N) is 1. The molecule has 109 heavy (non-hydrogen) atoms. The molecule has 0 aromatic rings. The predicted molar refractivity (Wildman–Crippen MR) is 439 cm³/mol. The van der Waals surface area contributed by atoms with Crippen molar-refractivity contribution < 1.29 is 89.4 Å². The van der Waals surface area contributed by atoms with Crippen molar-refractivity contribution in [3.05, 3.63) is 12.2 Å². The van der Waals surface area contributed by atoms with Crippen molar-refractivity contribution in [3.8, 4) is 0 Å². The van der Waals surface area contributed by atoms with Gasteiger partial charge in [-0.05, 0) is 38.5 Å². The molecule has 0 radical (unpaired) electrons. The number of carbonyl (C=O) groups excluding carboxylic acids is 1. The molecule has 0 bridgehead atoms. The second-order valence-electron chi connectivity index (χ2n) is 33.5. The first-order valence-electron chi connectivity index (χ1n) is 46.4. The Morgan fingerprint density at radius 1 is 0.321 bits per heavy atom. The molecule has 17 atom stereocenters. The number of hydrogen-bond donors (Lipinski definition) is 12. The largest absolute Gasteiger partial charge is 0.394 e. The summed E-state index contributed by atoms with van der Waals surface area (Å²) in [6.45, 7) is 1.89. The molecule has 3 heterocycles. The van der Waals surface area contributed by atoms with Crippen LogP contribution in [0.25, 0.3) is 0 Å². The topological polar surface area (TPSA) is 307 Å². The fraction of sp³-hybridized carbons (Fsp3) is 0.967. The summed E-state index contributed by atoms with van der Waals surface area (Å²) in [5.74, 6) is -0.232. The van der Waals surface area contributed by atoms with Gasteiger partial charge in [0.1, 0.15) is 73.2 Å². The fourth-order valence-electron chi connectivity index (χ4n) is 16.2. The van der Waals surface area contributed by atoms with Crippen molar-refractivity contribution in [2.24, 2.45) is 0 Å². The van der Waals surface area contributed by atoms with Gasteiger partial charge in [-0.15, -0.1) is 0 Å². The summed E-state index contributed by atoms with van der Waals surface area (Å²) >= 11 is 0. The van der Waals surface area contributed by atoms with Crippen LogP contribution >= 0.6 is 0 Å². The SMILES string of the molecule is CCCCCCCCCC/C=C\CCCCCCCCCCCCCCCCCCCCCC(=O)NC(COC1OC(CO)C(OC2OC(CO)C(OC3OC(CO)C(O)C(O)C3O)C(O)C2O)C(O)C1O)C(O)CCCCCCCCCCCCCCCCCCCCCCCCCCCCCCCCCCC. The van der Waals surface area contributed by atoms with Crippen molar-refractivity contribution in [3.63, 3.8) is 0 Å². The third-order valence-corrected chi connectivity index (χ3v) is 23.6. The highest BCUT2D eigenvalue weighted by atomic mass is 16.8. The van der Waals surface area contributed by atoms with Crippen LogP contribution in [0.15, 0.2) is 12.2 Å². The fourth-order valence-corrected chi connectivity index (χ4v) is 16.2. The Labute approximate surface area is 665 Å². The number of amides is 1. The number of allylic oxidation sites excluding steroid dienone is 2. The van der Waals surface area contributed by atoms with Gasteiger partial charge in [-0.3, -0.25) is 4.79 Å². The van der Waals surface area contributed by atoms with E-state index >= 15 is 0 Å². The minimum atomic E-state index is -1.97. The number of rotatable bonds is 77. The average molecular weight is 1560 g/mol. The monoisotopic (exact) mass is 1560 g/mol. The summed E-state index contributed by atoms with van der Waals surface area (Å²) in [6.07, 6.45) is 60.5. The average Bonchev–Trinajstić information content (AvgIpc) is 0.782. The van der Waals surface area contributed by atoms with Crippen molar-refractivity contribution >= 4 is 5.91 Å². The number of aliphatic hydroxyl groups excluding tert-OH is 11. The van der Waals surface area contributed by atoms with Gasteiger partial charge < -0.3 is 89.9 Å². The second kappa shape index (κ2) is 70.7. The minimum Gasteiger partial charge on any atom is -0.394 e. The lowest BCUT2D eigenvalue weighted by atomic mass is 9.96. The lowest BCUT2D eigenvalue weighted by Crippen LogP contribution is -2.66. The van der Waals surface area contributed by atoms with Gasteiger partial charge in [0, 0.05) is 6.42 Å². The normalized spacial score (nSPS) is 25.2. The summed E-state index contributed by atoms with van der Waals surface area (Å²) in [5.41, 5.74) is 0. The zero-order valence-electron chi connectivity index (χ0n) is 69.8. The number of aliphatic hydroxyl groups is 11. The van der Waals surface area contributed by atoms with Gasteiger partial charge in [-0.25, -0.2) is 0 Å². The molecule has 3 fully saturated rings. The van der Waals surface area contributed by atoms with E-state index in [2.05, 4.69) is 31.3 Å². The molecule has 3 aliphatic rings. The van der Waals surface area contributed by atoms with Crippen LogP contribution in [-0.2, 0) is 33.2 Å². The Kier molecular flexibility index (Phi) is 66.0. The molecule has 1 amide bonds. The molecule has 19 nitrogen and oxygen atoms in total. The van der Waals surface area contributed by atoms with Gasteiger partial charge >= 0.3 is 0 Å². The maximum Gasteiger partial charge on any atom is 0.220 e. The zero-order chi connectivity index (χ0) is 78.8. The number of unbranched alkanes of at least 4 members (excludes halogenated alkanes) is 59. The molecular formula is C90H173NO18. The van der Waals surface area contributed by atoms with Crippen LogP contribution < -0.4 is 5.32 Å². The lowest BCUT2D eigenvalue weighted by Gasteiger charge is -2.48. The van der Waals surface area contributed by atoms with Crippen LogP contribution in [0.5, 0.6) is 0 Å². The first-order valence-corrected chi connectivity index (χ1v) is 46.4. The van der Waals surface area contributed by atoms with E-state index in [4.69, 9.17) is 28.4 Å². The molecule has 0 aromatic carbocycles. The maximum absolute atomic E-state index is 13.6. The summed E-state index contributed by atoms with van der Waals surface area (Å²) in [7, 11) is 0. The van der Waals surface area contributed by atoms with E-state index in [1.807, 2.05) is 0 Å². The predicted octanol–water partition coefficient (Wildman–Crippen LogP) is 17.9. The molecule has 0 aliphatic carbocycles. The molecule has 0 spiro atoms. The van der Waals surface area contributed by atoms with Crippen molar-refractivity contribution in [2.75, 3.05) is 26.4 Å². The Balaban J connectivity index is 1.31. The number of ether oxygens (including phenoxy) is 6. The Bertz CT molecular complexity index is 2010. The van der Waals surface area contributed by atoms with Crippen LogP contribution in [0.4, 0.5) is 0 Å². The first kappa shape index (κ1) is 102. The molecule has 0 aromatic heterocycles. The van der Waals surface area contributed by atoms with Crippen LogP contribution in [0.1, 0.15) is 425 Å². The van der Waals surface area contributed by atoms with Crippen molar-refractivity contribution in [2.45, 2.75) is 529 Å². The van der Waals surface area contributed by atoms with Gasteiger partial charge in [0.2, 0.25) is 5.91 Å². The zero-order valence-corrected chi connectivity index (χ0v) is 69.8. The molecule has 3 aliphatic heterocycles. The Hall–Kier alpha value is -1.47. The highest BCUT2D eigenvalue weighted by Crippen LogP contribution is 2.34. The summed E-state index contributed by atoms with van der Waals surface area (Å²) < 4.78 is 34.6. The van der Waals surface area contributed by atoms with Crippen LogP contribution in [0, 0.1) is 0 Å². The van der Waals surface area contributed by atoms with E-state index in [9.17, 15) is 61.0 Å². The summed E-state index contributed by atoms with van der Waals surface area (Å²) in [5, 5.41) is 121. The third kappa shape index (κ3) is 49.4. The molecule has 3 saturated heterocycles. The van der Waals surface area contributed by atoms with Crippen LogP contribution in [0.2, 0.25) is 0 Å². The number of hydrogen-bond acceptors (Lipinski definition) is 18. The van der Waals surface area contributed by atoms with Gasteiger partial charge in [0.15, 0.2) is 18.9 Å². The van der Waals surface area contributed by atoms with E-state index in [1.165, 1.54) is 347 Å². The molecule has 12 N–H and O–H groups in total.